The maximum atomic E-state index is 12.2. The van der Waals surface area contributed by atoms with E-state index in [1.54, 1.807) is 26.2 Å². The highest BCUT2D eigenvalue weighted by Crippen LogP contribution is 2.50. The molecule has 1 aliphatic carbocycles. The molecule has 6 nitrogen and oxygen atoms in total. The van der Waals surface area contributed by atoms with Gasteiger partial charge in [0.15, 0.2) is 11.5 Å². The number of carbonyl (C=O) groups excluding carboxylic acids is 2. The van der Waals surface area contributed by atoms with Gasteiger partial charge in [0.2, 0.25) is 0 Å². The van der Waals surface area contributed by atoms with Crippen LogP contribution in [0.15, 0.2) is 48.6 Å². The minimum Gasteiger partial charge on any atom is -0.493 e. The molecule has 0 saturated heterocycles. The summed E-state index contributed by atoms with van der Waals surface area (Å²) in [5, 5.41) is 3.64. The maximum absolute atomic E-state index is 12.2. The van der Waals surface area contributed by atoms with Crippen LogP contribution < -0.4 is 14.8 Å². The first-order valence-corrected chi connectivity index (χ1v) is 10.1. The van der Waals surface area contributed by atoms with E-state index in [2.05, 4.69) is 17.5 Å². The van der Waals surface area contributed by atoms with Crippen LogP contribution in [0.3, 0.4) is 0 Å². The van der Waals surface area contributed by atoms with Crippen molar-refractivity contribution in [2.75, 3.05) is 19.0 Å². The molecular formula is C24H25NO5. The third-order valence-electron chi connectivity index (χ3n) is 5.67. The Morgan fingerprint density at radius 3 is 2.70 bits per heavy atom. The van der Waals surface area contributed by atoms with E-state index in [4.69, 9.17) is 14.2 Å². The largest absolute Gasteiger partial charge is 0.493 e. The molecule has 6 heteroatoms. The predicted molar refractivity (Wildman–Crippen MR) is 113 cm³/mol. The zero-order valence-corrected chi connectivity index (χ0v) is 17.3. The summed E-state index contributed by atoms with van der Waals surface area (Å²) in [5.41, 5.74) is 3.74. The van der Waals surface area contributed by atoms with Crippen LogP contribution in [0.2, 0.25) is 0 Å². The molecule has 1 aliphatic heterocycles. The Morgan fingerprint density at radius 2 is 1.97 bits per heavy atom. The average molecular weight is 407 g/mol. The molecule has 0 fully saturated rings. The van der Waals surface area contributed by atoms with Crippen molar-refractivity contribution in [3.8, 4) is 11.5 Å². The Kier molecular flexibility index (Phi) is 5.48. The van der Waals surface area contributed by atoms with Crippen molar-refractivity contribution in [2.45, 2.75) is 32.2 Å². The molecule has 0 amide bonds. The monoisotopic (exact) mass is 407 g/mol. The van der Waals surface area contributed by atoms with Crippen molar-refractivity contribution in [1.29, 1.82) is 0 Å². The Labute approximate surface area is 175 Å². The van der Waals surface area contributed by atoms with Gasteiger partial charge in [-0.15, -0.1) is 0 Å². The van der Waals surface area contributed by atoms with E-state index in [-0.39, 0.29) is 23.9 Å². The lowest BCUT2D eigenvalue weighted by Crippen LogP contribution is -2.29. The number of rotatable bonds is 5. The molecule has 2 aliphatic rings. The van der Waals surface area contributed by atoms with E-state index < -0.39 is 0 Å². The predicted octanol–water partition coefficient (Wildman–Crippen LogP) is 4.62. The van der Waals surface area contributed by atoms with Crippen molar-refractivity contribution in [2.24, 2.45) is 5.92 Å². The highest BCUT2D eigenvalue weighted by molar-refractivity contribution is 5.90. The van der Waals surface area contributed by atoms with E-state index in [1.165, 1.54) is 6.92 Å². The summed E-state index contributed by atoms with van der Waals surface area (Å²) in [4.78, 5) is 23.5. The molecule has 3 atom stereocenters. The first-order valence-electron chi connectivity index (χ1n) is 10.1. The second-order valence-electron chi connectivity index (χ2n) is 7.50. The molecule has 0 aromatic heterocycles. The van der Waals surface area contributed by atoms with Crippen LogP contribution in [0.25, 0.3) is 0 Å². The first kappa shape index (κ1) is 20.0. The van der Waals surface area contributed by atoms with E-state index in [9.17, 15) is 9.59 Å². The number of benzene rings is 2. The summed E-state index contributed by atoms with van der Waals surface area (Å²) >= 11 is 0. The van der Waals surface area contributed by atoms with E-state index in [1.807, 2.05) is 24.3 Å². The van der Waals surface area contributed by atoms with Gasteiger partial charge in [0.25, 0.3) is 0 Å². The van der Waals surface area contributed by atoms with Gasteiger partial charge in [-0.3, -0.25) is 4.79 Å². The molecule has 3 unspecified atom stereocenters. The lowest BCUT2D eigenvalue weighted by molar-refractivity contribution is -0.132. The molecular weight excluding hydrogens is 382 g/mol. The molecule has 0 bridgehead atoms. The molecule has 1 heterocycles. The van der Waals surface area contributed by atoms with Gasteiger partial charge in [0.05, 0.1) is 25.3 Å². The standard InChI is InChI=1S/C24H25NO5/c1-4-29-24(27)16-8-10-20-19(12-16)17-6-5-7-18(17)23(25-20)15-9-11-21(30-14(2)26)22(13-15)28-3/h5-6,8-13,17-18,23,25H,4,7H2,1-3H3. The minimum atomic E-state index is -0.386. The number of hydrogen-bond donors (Lipinski definition) is 1. The summed E-state index contributed by atoms with van der Waals surface area (Å²) in [6, 6.07) is 11.4. The number of allylic oxidation sites excluding steroid dienone is 2. The summed E-state index contributed by atoms with van der Waals surface area (Å²) < 4.78 is 15.8. The highest BCUT2D eigenvalue weighted by Gasteiger charge is 2.38. The van der Waals surface area contributed by atoms with Crippen LogP contribution in [0.4, 0.5) is 5.69 Å². The van der Waals surface area contributed by atoms with Crippen molar-refractivity contribution in [1.82, 2.24) is 0 Å². The van der Waals surface area contributed by atoms with Crippen molar-refractivity contribution in [3.05, 3.63) is 65.2 Å². The summed E-state index contributed by atoms with van der Waals surface area (Å²) in [5.74, 6) is 0.759. The quantitative estimate of drug-likeness (QED) is 0.443. The van der Waals surface area contributed by atoms with Crippen molar-refractivity contribution in [3.63, 3.8) is 0 Å². The fourth-order valence-electron chi connectivity index (χ4n) is 4.38. The second-order valence-corrected chi connectivity index (χ2v) is 7.50. The number of hydrogen-bond acceptors (Lipinski definition) is 6. The fraction of sp³-hybridized carbons (Fsp3) is 0.333. The van der Waals surface area contributed by atoms with Gasteiger partial charge in [0.1, 0.15) is 0 Å². The Bertz CT molecular complexity index is 1010. The van der Waals surface area contributed by atoms with E-state index >= 15 is 0 Å². The van der Waals surface area contributed by atoms with Gasteiger partial charge in [-0.25, -0.2) is 4.79 Å². The fourth-order valence-corrected chi connectivity index (χ4v) is 4.38. The van der Waals surface area contributed by atoms with E-state index in [0.717, 1.165) is 23.2 Å². The summed E-state index contributed by atoms with van der Waals surface area (Å²) in [7, 11) is 1.56. The minimum absolute atomic E-state index is 0.0613. The van der Waals surface area contributed by atoms with Gasteiger partial charge < -0.3 is 19.5 Å². The molecule has 2 aromatic rings. The third-order valence-corrected chi connectivity index (χ3v) is 5.67. The molecule has 156 valence electrons. The van der Waals surface area contributed by atoms with Gasteiger partial charge in [-0.1, -0.05) is 18.2 Å². The summed E-state index contributed by atoms with van der Waals surface area (Å²) in [6.07, 6.45) is 5.34. The number of carbonyl (C=O) groups is 2. The van der Waals surface area contributed by atoms with Crippen LogP contribution in [0.1, 0.15) is 53.7 Å². The molecule has 0 saturated carbocycles. The van der Waals surface area contributed by atoms with Crippen LogP contribution in [0, 0.1) is 5.92 Å². The molecule has 30 heavy (non-hydrogen) atoms. The summed E-state index contributed by atoms with van der Waals surface area (Å²) in [6.45, 7) is 3.53. The normalized spacial score (nSPS) is 21.2. The number of methoxy groups -OCH3 is 1. The zero-order valence-electron chi connectivity index (χ0n) is 17.3. The van der Waals surface area contributed by atoms with Crippen molar-refractivity contribution < 1.29 is 23.8 Å². The van der Waals surface area contributed by atoms with Crippen molar-refractivity contribution >= 4 is 17.6 Å². The lowest BCUT2D eigenvalue weighted by Gasteiger charge is -2.37. The van der Waals surface area contributed by atoms with Crippen LogP contribution in [0.5, 0.6) is 11.5 Å². The van der Waals surface area contributed by atoms with Gasteiger partial charge in [-0.05, 0) is 60.7 Å². The first-order chi connectivity index (χ1) is 14.5. The number of anilines is 1. The van der Waals surface area contributed by atoms with Gasteiger partial charge in [-0.2, -0.15) is 0 Å². The Hall–Kier alpha value is -3.28. The average Bonchev–Trinajstić information content (AvgIpc) is 3.23. The topological polar surface area (TPSA) is 73.9 Å². The van der Waals surface area contributed by atoms with Gasteiger partial charge >= 0.3 is 11.9 Å². The number of fused-ring (bicyclic) bond motifs is 3. The smallest absolute Gasteiger partial charge is 0.338 e. The third kappa shape index (κ3) is 3.65. The Morgan fingerprint density at radius 1 is 1.13 bits per heavy atom. The molecule has 1 N–H and O–H groups in total. The number of esters is 2. The molecule has 4 rings (SSSR count). The second kappa shape index (κ2) is 8.22. The number of ether oxygens (including phenoxy) is 3. The Balaban J connectivity index is 1.68. The lowest BCUT2D eigenvalue weighted by atomic mass is 9.76. The zero-order chi connectivity index (χ0) is 21.3. The highest BCUT2D eigenvalue weighted by atomic mass is 16.6. The molecule has 0 spiro atoms. The molecule has 2 aromatic carbocycles. The van der Waals surface area contributed by atoms with Crippen LogP contribution in [-0.2, 0) is 9.53 Å². The van der Waals surface area contributed by atoms with E-state index in [0.29, 0.717) is 29.6 Å². The maximum Gasteiger partial charge on any atom is 0.338 e. The van der Waals surface area contributed by atoms with Gasteiger partial charge in [0, 0.05) is 18.5 Å². The number of nitrogens with one attached hydrogen (secondary N) is 1. The van der Waals surface area contributed by atoms with Crippen LogP contribution in [-0.4, -0.2) is 25.7 Å². The van der Waals surface area contributed by atoms with Crippen LogP contribution >= 0.6 is 0 Å². The SMILES string of the molecule is CCOC(=O)c1ccc2c(c1)C1C=CCC1C(c1ccc(OC(C)=O)c(OC)c1)N2. The molecule has 0 radical (unpaired) electrons.